The molecule has 6 nitrogen and oxygen atoms in total. The molecule has 0 fully saturated rings. The van der Waals surface area contributed by atoms with Crippen LogP contribution >= 0.6 is 11.8 Å². The summed E-state index contributed by atoms with van der Waals surface area (Å²) < 4.78 is 0. The predicted molar refractivity (Wildman–Crippen MR) is 79.4 cm³/mol. The van der Waals surface area contributed by atoms with Gasteiger partial charge in [0.15, 0.2) is 0 Å². The number of hydrogen-bond acceptors (Lipinski definition) is 5. The number of benzene rings is 1. The van der Waals surface area contributed by atoms with Crippen LogP contribution in [0.1, 0.15) is 24.8 Å². The average molecular weight is 303 g/mol. The molecule has 1 atom stereocenters. The van der Waals surface area contributed by atoms with Crippen LogP contribution in [0.3, 0.4) is 0 Å². The van der Waals surface area contributed by atoms with Gasteiger partial charge in [0.05, 0.1) is 21.6 Å². The molecule has 1 aromatic carbocycles. The molecule has 1 N–H and O–H groups in total. The predicted octanol–water partition coefficient (Wildman–Crippen LogP) is 2.69. The Hall–Kier alpha value is -2.33. The largest absolute Gasteiger partial charge is 0.320 e. The zero-order chi connectivity index (χ0) is 15.4. The van der Waals surface area contributed by atoms with Crippen molar-refractivity contribution in [3.63, 3.8) is 0 Å². The molecular formula is C14H13N3O3S. The Bertz CT molecular complexity index is 646. The fourth-order valence-electron chi connectivity index (χ4n) is 2.19. The first kappa shape index (κ1) is 15.1. The van der Waals surface area contributed by atoms with Crippen LogP contribution in [0.25, 0.3) is 0 Å². The van der Waals surface area contributed by atoms with Crippen molar-refractivity contribution >= 4 is 23.4 Å². The van der Waals surface area contributed by atoms with Gasteiger partial charge in [-0.05, 0) is 11.3 Å². The highest BCUT2D eigenvalue weighted by molar-refractivity contribution is 8.03. The zero-order valence-electron chi connectivity index (χ0n) is 11.3. The number of nitriles is 1. The molecule has 0 saturated carbocycles. The number of nitrogens with zero attached hydrogens (tertiary/aromatic N) is 2. The molecule has 2 rings (SSSR count). The zero-order valence-corrected chi connectivity index (χ0v) is 12.1. The quantitative estimate of drug-likeness (QED) is 0.681. The van der Waals surface area contributed by atoms with Gasteiger partial charge in [0.2, 0.25) is 5.91 Å². The Morgan fingerprint density at radius 1 is 1.48 bits per heavy atom. The molecule has 1 aliphatic rings. The van der Waals surface area contributed by atoms with E-state index in [1.165, 1.54) is 23.9 Å². The van der Waals surface area contributed by atoms with E-state index in [4.69, 9.17) is 0 Å². The number of thioether (sulfide) groups is 1. The number of rotatable bonds is 4. The highest BCUT2D eigenvalue weighted by atomic mass is 32.2. The first-order valence-corrected chi connectivity index (χ1v) is 7.36. The molecule has 0 spiro atoms. The van der Waals surface area contributed by atoms with Gasteiger partial charge in [0.1, 0.15) is 0 Å². The number of amides is 1. The molecule has 1 aromatic rings. The third kappa shape index (κ3) is 3.23. The Labute approximate surface area is 126 Å². The second kappa shape index (κ2) is 6.41. The van der Waals surface area contributed by atoms with Crippen LogP contribution in [0.15, 0.2) is 34.9 Å². The molecule has 1 amide bonds. The van der Waals surface area contributed by atoms with Gasteiger partial charge in [0, 0.05) is 24.5 Å². The van der Waals surface area contributed by atoms with Crippen LogP contribution in [-0.2, 0) is 4.79 Å². The highest BCUT2D eigenvalue weighted by Gasteiger charge is 2.29. The van der Waals surface area contributed by atoms with E-state index < -0.39 is 4.92 Å². The van der Waals surface area contributed by atoms with Gasteiger partial charge in [-0.2, -0.15) is 5.26 Å². The summed E-state index contributed by atoms with van der Waals surface area (Å²) in [5.74, 6) is 0.250. The minimum atomic E-state index is -0.475. The second-order valence-electron chi connectivity index (χ2n) is 4.44. The van der Waals surface area contributed by atoms with Crippen molar-refractivity contribution in [3.8, 4) is 6.07 Å². The van der Waals surface area contributed by atoms with Crippen LogP contribution in [0, 0.1) is 21.4 Å². The van der Waals surface area contributed by atoms with Crippen molar-refractivity contribution in [2.45, 2.75) is 19.3 Å². The number of allylic oxidation sites excluding steroid dienone is 1. The molecule has 1 unspecified atom stereocenters. The van der Waals surface area contributed by atoms with E-state index in [-0.39, 0.29) is 23.9 Å². The van der Waals surface area contributed by atoms with Gasteiger partial charge >= 0.3 is 0 Å². The lowest BCUT2D eigenvalue weighted by molar-refractivity contribution is -0.384. The lowest BCUT2D eigenvalue weighted by atomic mass is 9.87. The summed E-state index contributed by atoms with van der Waals surface area (Å²) in [6.07, 6.45) is 0.175. The molecule has 7 heteroatoms. The van der Waals surface area contributed by atoms with Crippen LogP contribution in [-0.4, -0.2) is 16.6 Å². The van der Waals surface area contributed by atoms with Crippen molar-refractivity contribution in [1.29, 1.82) is 5.26 Å². The molecule has 21 heavy (non-hydrogen) atoms. The standard InChI is InChI=1S/C14H13N3O3S/c1-2-21-14-12(8-15)11(7-13(18)16-14)9-3-5-10(6-4-9)17(19)20/h3-6,11H,2,7H2,1H3,(H,16,18). The van der Waals surface area contributed by atoms with Gasteiger partial charge in [-0.3, -0.25) is 14.9 Å². The van der Waals surface area contributed by atoms with Crippen LogP contribution in [0.2, 0.25) is 0 Å². The summed E-state index contributed by atoms with van der Waals surface area (Å²) in [5.41, 5.74) is 1.24. The summed E-state index contributed by atoms with van der Waals surface area (Å²) in [6, 6.07) is 8.15. The summed E-state index contributed by atoms with van der Waals surface area (Å²) in [7, 11) is 0. The molecule has 1 heterocycles. The number of hydrogen-bond donors (Lipinski definition) is 1. The maximum Gasteiger partial charge on any atom is 0.269 e. The van der Waals surface area contributed by atoms with E-state index in [1.54, 1.807) is 12.1 Å². The first-order valence-electron chi connectivity index (χ1n) is 6.38. The van der Waals surface area contributed by atoms with Crippen molar-refractivity contribution in [2.75, 3.05) is 5.75 Å². The molecule has 0 saturated heterocycles. The third-order valence-corrected chi connectivity index (χ3v) is 4.05. The summed E-state index contributed by atoms with van der Waals surface area (Å²) in [4.78, 5) is 22.0. The smallest absolute Gasteiger partial charge is 0.269 e. The lowest BCUT2D eigenvalue weighted by Gasteiger charge is -2.24. The van der Waals surface area contributed by atoms with E-state index in [9.17, 15) is 20.2 Å². The first-order chi connectivity index (χ1) is 10.1. The fourth-order valence-corrected chi connectivity index (χ4v) is 3.01. The number of carbonyl (C=O) groups is 1. The SMILES string of the molecule is CCSC1=C(C#N)C(c2ccc([N+](=O)[O-])cc2)CC(=O)N1. The van der Waals surface area contributed by atoms with E-state index in [0.717, 1.165) is 11.3 Å². The summed E-state index contributed by atoms with van der Waals surface area (Å²) in [5, 5.41) is 23.3. The maximum atomic E-state index is 11.8. The molecule has 0 aliphatic carbocycles. The molecule has 0 aromatic heterocycles. The van der Waals surface area contributed by atoms with Crippen molar-refractivity contribution in [1.82, 2.24) is 5.32 Å². The second-order valence-corrected chi connectivity index (χ2v) is 5.72. The van der Waals surface area contributed by atoms with Gasteiger partial charge in [-0.15, -0.1) is 11.8 Å². The van der Waals surface area contributed by atoms with Gasteiger partial charge in [0.25, 0.3) is 5.69 Å². The number of nitrogens with one attached hydrogen (secondary N) is 1. The number of carbonyl (C=O) groups excluding carboxylic acids is 1. The van der Waals surface area contributed by atoms with Crippen molar-refractivity contribution < 1.29 is 9.72 Å². The molecule has 0 radical (unpaired) electrons. The molecule has 0 bridgehead atoms. The van der Waals surface area contributed by atoms with Crippen molar-refractivity contribution in [2.24, 2.45) is 0 Å². The lowest BCUT2D eigenvalue weighted by Crippen LogP contribution is -2.30. The van der Waals surface area contributed by atoms with Gasteiger partial charge < -0.3 is 5.32 Å². The Kier molecular flexibility index (Phi) is 4.60. The Morgan fingerprint density at radius 3 is 2.67 bits per heavy atom. The number of non-ortho nitro benzene ring substituents is 1. The van der Waals surface area contributed by atoms with E-state index in [1.807, 2.05) is 6.92 Å². The van der Waals surface area contributed by atoms with Gasteiger partial charge in [-0.1, -0.05) is 19.1 Å². The number of nitro groups is 1. The van der Waals surface area contributed by atoms with E-state index in [2.05, 4.69) is 11.4 Å². The topological polar surface area (TPSA) is 96.0 Å². The Morgan fingerprint density at radius 2 is 2.14 bits per heavy atom. The molecule has 108 valence electrons. The van der Waals surface area contributed by atoms with Crippen LogP contribution < -0.4 is 5.32 Å². The van der Waals surface area contributed by atoms with Gasteiger partial charge in [-0.25, -0.2) is 0 Å². The minimum absolute atomic E-state index is 0.00958. The maximum absolute atomic E-state index is 11.8. The van der Waals surface area contributed by atoms with Crippen LogP contribution in [0.5, 0.6) is 0 Å². The molecular weight excluding hydrogens is 290 g/mol. The van der Waals surface area contributed by atoms with E-state index in [0.29, 0.717) is 10.6 Å². The minimum Gasteiger partial charge on any atom is -0.320 e. The summed E-state index contributed by atoms with van der Waals surface area (Å²) >= 11 is 1.41. The third-order valence-electron chi connectivity index (χ3n) is 3.15. The number of nitro benzene ring substituents is 1. The molecule has 1 aliphatic heterocycles. The average Bonchev–Trinajstić information content (AvgIpc) is 2.47. The van der Waals surface area contributed by atoms with E-state index >= 15 is 0 Å². The van der Waals surface area contributed by atoms with Crippen LogP contribution in [0.4, 0.5) is 5.69 Å². The summed E-state index contributed by atoms with van der Waals surface area (Å²) in [6.45, 7) is 1.94. The normalized spacial score (nSPS) is 18.1. The van der Waals surface area contributed by atoms with Crippen molar-refractivity contribution in [3.05, 3.63) is 50.5 Å². The highest BCUT2D eigenvalue weighted by Crippen LogP contribution is 2.36. The Balaban J connectivity index is 2.40. The fraction of sp³-hybridized carbons (Fsp3) is 0.286. The monoisotopic (exact) mass is 303 g/mol.